The molecular weight excluding hydrogens is 380 g/mol. The molecule has 3 nitrogen and oxygen atoms in total. The van der Waals surface area contributed by atoms with Gasteiger partial charge in [0.25, 0.3) is 0 Å². The zero-order valence-electron chi connectivity index (χ0n) is 17.5. The number of benzene rings is 4. The van der Waals surface area contributed by atoms with E-state index in [1.807, 2.05) is 12.1 Å². The standard InChI is InChI=1S/C28H24N2O/c1-31-20-16-14-19(15-17-20)25-18-28(23-10-2-5-11-24(23)29-25)30-26-12-6-3-8-21(26)22-9-4-7-13-27(22)30/h2-17,25,28-29H,18H2,1H3. The Bertz CT molecular complexity index is 1330. The van der Waals surface area contributed by atoms with Gasteiger partial charge in [-0.2, -0.15) is 0 Å². The Morgan fingerprint density at radius 1 is 0.742 bits per heavy atom. The van der Waals surface area contributed by atoms with Crippen LogP contribution in [-0.2, 0) is 0 Å². The number of anilines is 1. The van der Waals surface area contributed by atoms with Gasteiger partial charge in [0.15, 0.2) is 0 Å². The van der Waals surface area contributed by atoms with Gasteiger partial charge in [-0.15, -0.1) is 0 Å². The summed E-state index contributed by atoms with van der Waals surface area (Å²) in [5.74, 6) is 0.888. The summed E-state index contributed by atoms with van der Waals surface area (Å²) in [7, 11) is 1.71. The van der Waals surface area contributed by atoms with E-state index in [-0.39, 0.29) is 12.1 Å². The normalized spacial score (nSPS) is 18.0. The monoisotopic (exact) mass is 404 g/mol. The van der Waals surface area contributed by atoms with Gasteiger partial charge in [0.05, 0.1) is 19.2 Å². The second-order valence-electron chi connectivity index (χ2n) is 8.21. The maximum atomic E-state index is 5.36. The molecule has 2 heterocycles. The molecule has 152 valence electrons. The van der Waals surface area contributed by atoms with Gasteiger partial charge in [0.1, 0.15) is 5.75 Å². The summed E-state index contributed by atoms with van der Waals surface area (Å²) in [5, 5.41) is 6.41. The molecule has 2 atom stereocenters. The lowest BCUT2D eigenvalue weighted by atomic mass is 9.89. The zero-order valence-corrected chi connectivity index (χ0v) is 17.5. The minimum Gasteiger partial charge on any atom is -0.497 e. The number of nitrogens with zero attached hydrogens (tertiary/aromatic N) is 1. The van der Waals surface area contributed by atoms with Crippen molar-refractivity contribution < 1.29 is 4.74 Å². The van der Waals surface area contributed by atoms with E-state index in [0.717, 1.165) is 12.2 Å². The van der Waals surface area contributed by atoms with E-state index < -0.39 is 0 Å². The number of rotatable bonds is 3. The lowest BCUT2D eigenvalue weighted by Crippen LogP contribution is -2.25. The third kappa shape index (κ3) is 2.89. The van der Waals surface area contributed by atoms with E-state index in [1.54, 1.807) is 7.11 Å². The predicted octanol–water partition coefficient (Wildman–Crippen LogP) is 6.95. The van der Waals surface area contributed by atoms with E-state index in [1.165, 1.54) is 38.6 Å². The maximum Gasteiger partial charge on any atom is 0.118 e. The van der Waals surface area contributed by atoms with Crippen molar-refractivity contribution in [2.24, 2.45) is 0 Å². The van der Waals surface area contributed by atoms with E-state index >= 15 is 0 Å². The molecule has 0 fully saturated rings. The minimum atomic E-state index is 0.228. The number of ether oxygens (including phenoxy) is 1. The largest absolute Gasteiger partial charge is 0.497 e. The molecule has 6 rings (SSSR count). The first-order valence-electron chi connectivity index (χ1n) is 10.8. The first-order valence-corrected chi connectivity index (χ1v) is 10.8. The average molecular weight is 405 g/mol. The quantitative estimate of drug-likeness (QED) is 0.352. The van der Waals surface area contributed by atoms with Crippen LogP contribution in [0.4, 0.5) is 5.69 Å². The average Bonchev–Trinajstić information content (AvgIpc) is 3.18. The summed E-state index contributed by atoms with van der Waals surface area (Å²) in [4.78, 5) is 0. The highest BCUT2D eigenvalue weighted by atomic mass is 16.5. The lowest BCUT2D eigenvalue weighted by molar-refractivity contribution is 0.414. The van der Waals surface area contributed by atoms with Crippen LogP contribution in [0.1, 0.15) is 29.6 Å². The number of nitrogens with one attached hydrogen (secondary N) is 1. The fourth-order valence-corrected chi connectivity index (χ4v) is 5.10. The molecule has 0 bridgehead atoms. The molecule has 1 N–H and O–H groups in total. The van der Waals surface area contributed by atoms with Gasteiger partial charge in [0, 0.05) is 27.5 Å². The number of hydrogen-bond acceptors (Lipinski definition) is 2. The number of fused-ring (bicyclic) bond motifs is 4. The Hall–Kier alpha value is -3.72. The fraction of sp³-hybridized carbons (Fsp3) is 0.143. The summed E-state index contributed by atoms with van der Waals surface area (Å²) in [6, 6.07) is 35.2. The van der Waals surface area contributed by atoms with Crippen molar-refractivity contribution in [1.29, 1.82) is 0 Å². The van der Waals surface area contributed by atoms with Crippen LogP contribution in [0.15, 0.2) is 97.1 Å². The maximum absolute atomic E-state index is 5.36. The summed E-state index contributed by atoms with van der Waals surface area (Å²) in [5.41, 5.74) is 6.42. The highest BCUT2D eigenvalue weighted by Gasteiger charge is 2.30. The second kappa shape index (κ2) is 7.21. The molecule has 0 saturated carbocycles. The van der Waals surface area contributed by atoms with Crippen molar-refractivity contribution in [3.05, 3.63) is 108 Å². The molecule has 1 aromatic heterocycles. The first-order chi connectivity index (χ1) is 15.3. The van der Waals surface area contributed by atoms with E-state index in [0.29, 0.717) is 0 Å². The third-order valence-electron chi connectivity index (χ3n) is 6.56. The topological polar surface area (TPSA) is 26.2 Å². The lowest BCUT2D eigenvalue weighted by Gasteiger charge is -2.35. The molecule has 0 saturated heterocycles. The van der Waals surface area contributed by atoms with Gasteiger partial charge in [-0.25, -0.2) is 0 Å². The molecular formula is C28H24N2O. The van der Waals surface area contributed by atoms with Gasteiger partial charge in [-0.3, -0.25) is 0 Å². The van der Waals surface area contributed by atoms with Crippen molar-refractivity contribution in [2.75, 3.05) is 12.4 Å². The molecule has 3 heteroatoms. The fourth-order valence-electron chi connectivity index (χ4n) is 5.10. The summed E-state index contributed by atoms with van der Waals surface area (Å²) in [6.07, 6.45) is 0.978. The molecule has 31 heavy (non-hydrogen) atoms. The Balaban J connectivity index is 1.55. The van der Waals surface area contributed by atoms with Crippen LogP contribution < -0.4 is 10.1 Å². The Morgan fingerprint density at radius 2 is 1.35 bits per heavy atom. The molecule has 2 unspecified atom stereocenters. The van der Waals surface area contributed by atoms with Gasteiger partial charge < -0.3 is 14.6 Å². The van der Waals surface area contributed by atoms with Gasteiger partial charge in [-0.05, 0) is 47.9 Å². The van der Waals surface area contributed by atoms with Crippen molar-refractivity contribution in [2.45, 2.75) is 18.5 Å². The highest BCUT2D eigenvalue weighted by Crippen LogP contribution is 2.44. The Morgan fingerprint density at radius 3 is 2.03 bits per heavy atom. The van der Waals surface area contributed by atoms with Gasteiger partial charge in [0.2, 0.25) is 0 Å². The molecule has 1 aliphatic heterocycles. The van der Waals surface area contributed by atoms with Crippen LogP contribution in [0, 0.1) is 0 Å². The molecule has 5 aromatic rings. The van der Waals surface area contributed by atoms with Crippen LogP contribution in [0.25, 0.3) is 21.8 Å². The smallest absolute Gasteiger partial charge is 0.118 e. The van der Waals surface area contributed by atoms with Gasteiger partial charge in [-0.1, -0.05) is 66.7 Å². The molecule has 4 aromatic carbocycles. The predicted molar refractivity (Wildman–Crippen MR) is 128 cm³/mol. The number of hydrogen-bond donors (Lipinski definition) is 1. The molecule has 0 radical (unpaired) electrons. The van der Waals surface area contributed by atoms with Crippen LogP contribution in [-0.4, -0.2) is 11.7 Å². The van der Waals surface area contributed by atoms with Crippen LogP contribution in [0.5, 0.6) is 5.75 Å². The van der Waals surface area contributed by atoms with E-state index in [2.05, 4.69) is 94.8 Å². The highest BCUT2D eigenvalue weighted by molar-refractivity contribution is 6.08. The number of aromatic nitrogens is 1. The molecule has 0 spiro atoms. The second-order valence-corrected chi connectivity index (χ2v) is 8.21. The molecule has 1 aliphatic rings. The van der Waals surface area contributed by atoms with Crippen LogP contribution >= 0.6 is 0 Å². The number of para-hydroxylation sites is 3. The van der Waals surface area contributed by atoms with Crippen molar-refractivity contribution in [1.82, 2.24) is 4.57 Å². The van der Waals surface area contributed by atoms with Crippen LogP contribution in [0.3, 0.4) is 0 Å². The third-order valence-corrected chi connectivity index (χ3v) is 6.56. The summed E-state index contributed by atoms with van der Waals surface area (Å²) in [6.45, 7) is 0. The van der Waals surface area contributed by atoms with Crippen LogP contribution in [0.2, 0.25) is 0 Å². The SMILES string of the molecule is COc1ccc(C2CC(n3c4ccccc4c4ccccc43)c3ccccc3N2)cc1. The summed E-state index contributed by atoms with van der Waals surface area (Å²) < 4.78 is 7.91. The minimum absolute atomic E-state index is 0.228. The zero-order chi connectivity index (χ0) is 20.8. The van der Waals surface area contributed by atoms with E-state index in [9.17, 15) is 0 Å². The van der Waals surface area contributed by atoms with E-state index in [4.69, 9.17) is 4.74 Å². The van der Waals surface area contributed by atoms with Crippen molar-refractivity contribution in [3.8, 4) is 5.75 Å². The molecule has 0 aliphatic carbocycles. The molecule has 0 amide bonds. The van der Waals surface area contributed by atoms with Crippen molar-refractivity contribution in [3.63, 3.8) is 0 Å². The van der Waals surface area contributed by atoms with Gasteiger partial charge >= 0.3 is 0 Å². The Labute approximate surface area is 181 Å². The number of methoxy groups -OCH3 is 1. The Kier molecular flexibility index (Phi) is 4.20. The summed E-state index contributed by atoms with van der Waals surface area (Å²) >= 11 is 0. The first kappa shape index (κ1) is 18.1. The van der Waals surface area contributed by atoms with Crippen molar-refractivity contribution >= 4 is 27.5 Å².